The fourth-order valence-electron chi connectivity index (χ4n) is 2.12. The lowest BCUT2D eigenvalue weighted by atomic mass is 9.93. The second-order valence-electron chi connectivity index (χ2n) is 6.67. The minimum atomic E-state index is 0.128. The van der Waals surface area contributed by atoms with Crippen LogP contribution in [0.5, 0.6) is 0 Å². The molecule has 0 aromatic carbocycles. The van der Waals surface area contributed by atoms with Gasteiger partial charge in [0.25, 0.3) is 0 Å². The highest BCUT2D eigenvalue weighted by atomic mass is 32.1. The molecule has 19 heavy (non-hydrogen) atoms. The number of nitrogens with zero attached hydrogens (tertiary/aromatic N) is 1. The molecule has 0 aliphatic heterocycles. The molecule has 1 fully saturated rings. The van der Waals surface area contributed by atoms with Gasteiger partial charge in [-0.25, -0.2) is 4.98 Å². The van der Waals surface area contributed by atoms with E-state index in [1.165, 1.54) is 23.5 Å². The standard InChI is InChI=1S/C15H26N2OS/c1-10(8-18-5)13(16-11-6-7-11)14-17-12(9-19-14)15(2,3)4/h9-11,13,16H,6-8H2,1-5H3. The summed E-state index contributed by atoms with van der Waals surface area (Å²) in [5.41, 5.74) is 1.32. The maximum Gasteiger partial charge on any atom is 0.110 e. The van der Waals surface area contributed by atoms with Crippen molar-refractivity contribution in [1.29, 1.82) is 0 Å². The Balaban J connectivity index is 2.14. The zero-order valence-electron chi connectivity index (χ0n) is 12.7. The van der Waals surface area contributed by atoms with Crippen LogP contribution >= 0.6 is 11.3 Å². The summed E-state index contributed by atoms with van der Waals surface area (Å²) in [6.45, 7) is 9.66. The van der Waals surface area contributed by atoms with Crippen LogP contribution in [0.4, 0.5) is 0 Å². The number of hydrogen-bond donors (Lipinski definition) is 1. The Morgan fingerprint density at radius 3 is 2.63 bits per heavy atom. The van der Waals surface area contributed by atoms with Gasteiger partial charge in [0.15, 0.2) is 0 Å². The molecule has 0 radical (unpaired) electrons. The van der Waals surface area contributed by atoms with Crippen molar-refractivity contribution in [3.8, 4) is 0 Å². The summed E-state index contributed by atoms with van der Waals surface area (Å²) in [5, 5.41) is 7.14. The van der Waals surface area contributed by atoms with Gasteiger partial charge in [-0.2, -0.15) is 0 Å². The van der Waals surface area contributed by atoms with Gasteiger partial charge in [-0.05, 0) is 12.8 Å². The summed E-state index contributed by atoms with van der Waals surface area (Å²) in [4.78, 5) is 4.87. The number of methoxy groups -OCH3 is 1. The van der Waals surface area contributed by atoms with Crippen molar-refractivity contribution in [2.45, 2.75) is 58.0 Å². The van der Waals surface area contributed by atoms with E-state index in [2.05, 4.69) is 38.4 Å². The van der Waals surface area contributed by atoms with Gasteiger partial charge >= 0.3 is 0 Å². The quantitative estimate of drug-likeness (QED) is 0.867. The van der Waals surface area contributed by atoms with Gasteiger partial charge in [0.1, 0.15) is 5.01 Å². The van der Waals surface area contributed by atoms with Gasteiger partial charge < -0.3 is 10.1 Å². The number of aromatic nitrogens is 1. The van der Waals surface area contributed by atoms with Crippen molar-refractivity contribution in [3.05, 3.63) is 16.1 Å². The first kappa shape index (κ1) is 14.9. The van der Waals surface area contributed by atoms with E-state index in [-0.39, 0.29) is 5.41 Å². The summed E-state index contributed by atoms with van der Waals surface area (Å²) in [7, 11) is 1.77. The first-order valence-corrected chi connectivity index (χ1v) is 8.00. The molecular formula is C15H26N2OS. The molecule has 1 aromatic heterocycles. The lowest BCUT2D eigenvalue weighted by molar-refractivity contribution is 0.138. The van der Waals surface area contributed by atoms with Crippen LogP contribution in [0.1, 0.15) is 57.3 Å². The highest BCUT2D eigenvalue weighted by Crippen LogP contribution is 2.33. The first-order valence-electron chi connectivity index (χ1n) is 7.12. The van der Waals surface area contributed by atoms with Crippen molar-refractivity contribution < 1.29 is 4.74 Å². The fourth-order valence-corrected chi connectivity index (χ4v) is 3.35. The Bertz CT molecular complexity index is 407. The molecule has 3 nitrogen and oxygen atoms in total. The molecule has 0 amide bonds. The highest BCUT2D eigenvalue weighted by molar-refractivity contribution is 7.09. The molecule has 1 N–H and O–H groups in total. The summed E-state index contributed by atoms with van der Waals surface area (Å²) in [6, 6.07) is 1.01. The molecular weight excluding hydrogens is 256 g/mol. The predicted octanol–water partition coefficient (Wildman–Crippen LogP) is 3.52. The monoisotopic (exact) mass is 282 g/mol. The van der Waals surface area contributed by atoms with Crippen LogP contribution in [0.2, 0.25) is 0 Å². The minimum Gasteiger partial charge on any atom is -0.384 e. The molecule has 108 valence electrons. The molecule has 2 rings (SSSR count). The van der Waals surface area contributed by atoms with Crippen LogP contribution in [-0.2, 0) is 10.2 Å². The van der Waals surface area contributed by atoms with Crippen LogP contribution in [0.3, 0.4) is 0 Å². The third-order valence-electron chi connectivity index (χ3n) is 3.55. The average Bonchev–Trinajstić information content (AvgIpc) is 2.99. The molecule has 1 aliphatic carbocycles. The minimum absolute atomic E-state index is 0.128. The number of nitrogens with one attached hydrogen (secondary N) is 1. The van der Waals surface area contributed by atoms with E-state index in [0.717, 1.165) is 6.61 Å². The van der Waals surface area contributed by atoms with Crippen molar-refractivity contribution in [1.82, 2.24) is 10.3 Å². The molecule has 2 unspecified atom stereocenters. The van der Waals surface area contributed by atoms with Gasteiger partial charge in [-0.3, -0.25) is 0 Å². The Hall–Kier alpha value is -0.450. The van der Waals surface area contributed by atoms with Crippen molar-refractivity contribution >= 4 is 11.3 Å². The number of thiazole rings is 1. The van der Waals surface area contributed by atoms with Gasteiger partial charge in [0.2, 0.25) is 0 Å². The van der Waals surface area contributed by atoms with Gasteiger partial charge in [-0.1, -0.05) is 27.7 Å². The van der Waals surface area contributed by atoms with E-state index in [0.29, 0.717) is 18.0 Å². The Morgan fingerprint density at radius 2 is 2.16 bits per heavy atom. The number of rotatable bonds is 6. The van der Waals surface area contributed by atoms with Gasteiger partial charge in [0.05, 0.1) is 18.3 Å². The Kier molecular flexibility index (Phi) is 4.64. The predicted molar refractivity (Wildman–Crippen MR) is 80.8 cm³/mol. The van der Waals surface area contributed by atoms with Crippen molar-refractivity contribution in [2.24, 2.45) is 5.92 Å². The maximum atomic E-state index is 5.32. The van der Waals surface area contributed by atoms with Crippen molar-refractivity contribution in [3.63, 3.8) is 0 Å². The van der Waals surface area contributed by atoms with Crippen LogP contribution in [0.25, 0.3) is 0 Å². The smallest absolute Gasteiger partial charge is 0.110 e. The third kappa shape index (κ3) is 4.01. The second kappa shape index (κ2) is 5.90. The summed E-state index contributed by atoms with van der Waals surface area (Å²) in [5.74, 6) is 0.449. The molecule has 0 bridgehead atoms. The molecule has 1 aromatic rings. The molecule has 0 saturated heterocycles. The Morgan fingerprint density at radius 1 is 1.47 bits per heavy atom. The maximum absolute atomic E-state index is 5.32. The lowest BCUT2D eigenvalue weighted by Gasteiger charge is -2.23. The van der Waals surface area contributed by atoms with Gasteiger partial charge in [0, 0.05) is 29.9 Å². The lowest BCUT2D eigenvalue weighted by Crippen LogP contribution is -2.31. The second-order valence-corrected chi connectivity index (χ2v) is 7.56. The van der Waals surface area contributed by atoms with E-state index in [1.54, 1.807) is 18.4 Å². The van der Waals surface area contributed by atoms with Crippen LogP contribution < -0.4 is 5.32 Å². The van der Waals surface area contributed by atoms with Gasteiger partial charge in [-0.15, -0.1) is 11.3 Å². The molecule has 1 heterocycles. The van der Waals surface area contributed by atoms with E-state index >= 15 is 0 Å². The molecule has 2 atom stereocenters. The fraction of sp³-hybridized carbons (Fsp3) is 0.800. The highest BCUT2D eigenvalue weighted by Gasteiger charge is 2.31. The Labute approximate surface area is 120 Å². The van der Waals surface area contributed by atoms with E-state index < -0.39 is 0 Å². The summed E-state index contributed by atoms with van der Waals surface area (Å²) in [6.07, 6.45) is 2.60. The molecule has 0 spiro atoms. The number of ether oxygens (including phenoxy) is 1. The first-order chi connectivity index (χ1) is 8.91. The van der Waals surface area contributed by atoms with E-state index in [1.807, 2.05) is 0 Å². The average molecular weight is 282 g/mol. The zero-order valence-corrected chi connectivity index (χ0v) is 13.5. The summed E-state index contributed by atoms with van der Waals surface area (Å²) < 4.78 is 5.32. The van der Waals surface area contributed by atoms with Crippen LogP contribution in [0, 0.1) is 5.92 Å². The topological polar surface area (TPSA) is 34.1 Å². The molecule has 1 aliphatic rings. The normalized spacial score (nSPS) is 19.4. The summed E-state index contributed by atoms with van der Waals surface area (Å²) >= 11 is 1.78. The third-order valence-corrected chi connectivity index (χ3v) is 4.48. The van der Waals surface area contributed by atoms with Crippen LogP contribution in [0.15, 0.2) is 5.38 Å². The largest absolute Gasteiger partial charge is 0.384 e. The zero-order chi connectivity index (χ0) is 14.0. The SMILES string of the molecule is COCC(C)C(NC1CC1)c1nc(C(C)(C)C)cs1. The van der Waals surface area contributed by atoms with E-state index in [9.17, 15) is 0 Å². The van der Waals surface area contributed by atoms with E-state index in [4.69, 9.17) is 9.72 Å². The molecule has 1 saturated carbocycles. The molecule has 4 heteroatoms. The van der Waals surface area contributed by atoms with Crippen LogP contribution in [-0.4, -0.2) is 24.7 Å². The number of hydrogen-bond acceptors (Lipinski definition) is 4. The van der Waals surface area contributed by atoms with Crippen molar-refractivity contribution in [2.75, 3.05) is 13.7 Å².